The fraction of sp³-hybridized carbons (Fsp3) is 0.444. The topological polar surface area (TPSA) is 46.2 Å². The van der Waals surface area contributed by atoms with Crippen molar-refractivity contribution in [3.8, 4) is 0 Å². The lowest BCUT2D eigenvalue weighted by Crippen LogP contribution is -2.42. The van der Waals surface area contributed by atoms with Gasteiger partial charge in [0.25, 0.3) is 0 Å². The van der Waals surface area contributed by atoms with E-state index in [0.29, 0.717) is 10.8 Å². The monoisotopic (exact) mass is 319 g/mol. The predicted molar refractivity (Wildman–Crippen MR) is 92.7 cm³/mol. The minimum atomic E-state index is -3.55. The third kappa shape index (κ3) is 3.33. The van der Waals surface area contributed by atoms with Gasteiger partial charge in [-0.1, -0.05) is 51.1 Å². The summed E-state index contributed by atoms with van der Waals surface area (Å²) in [6.07, 6.45) is 0.730. The van der Waals surface area contributed by atoms with Gasteiger partial charge < -0.3 is 0 Å². The van der Waals surface area contributed by atoms with Crippen LogP contribution in [0.1, 0.15) is 52.5 Å². The maximum Gasteiger partial charge on any atom is 0.241 e. The van der Waals surface area contributed by atoms with E-state index in [-0.39, 0.29) is 0 Å². The Morgan fingerprint density at radius 2 is 1.64 bits per heavy atom. The van der Waals surface area contributed by atoms with Crippen LogP contribution in [0.3, 0.4) is 0 Å². The van der Waals surface area contributed by atoms with E-state index in [9.17, 15) is 8.42 Å². The molecule has 0 aliphatic carbocycles. The summed E-state index contributed by atoms with van der Waals surface area (Å²) in [5.41, 5.74) is 0.709. The summed E-state index contributed by atoms with van der Waals surface area (Å²) in [4.78, 5) is 0.356. The zero-order chi connectivity index (χ0) is 16.5. The summed E-state index contributed by atoms with van der Waals surface area (Å²) >= 11 is 0. The van der Waals surface area contributed by atoms with Gasteiger partial charge >= 0.3 is 0 Å². The van der Waals surface area contributed by atoms with Gasteiger partial charge in [-0.05, 0) is 43.2 Å². The fourth-order valence-electron chi connectivity index (χ4n) is 2.52. The first-order valence-electron chi connectivity index (χ1n) is 7.73. The zero-order valence-corrected chi connectivity index (χ0v) is 14.8. The first-order chi connectivity index (χ1) is 10.2. The van der Waals surface area contributed by atoms with Crippen molar-refractivity contribution in [2.75, 3.05) is 0 Å². The standard InChI is InChI=1S/C18H25NO2S/c1-6-18(4,5)19-22(20,21)17-12-11-14(13(2)3)15-9-7-8-10-16(15)17/h7-13,19H,6H2,1-5H3. The summed E-state index contributed by atoms with van der Waals surface area (Å²) in [5.74, 6) is 0.349. The lowest BCUT2D eigenvalue weighted by molar-refractivity contribution is 0.440. The molecule has 0 saturated heterocycles. The van der Waals surface area contributed by atoms with Crippen molar-refractivity contribution in [2.45, 2.75) is 57.4 Å². The minimum absolute atomic E-state index is 0.349. The molecule has 0 fully saturated rings. The molecule has 0 atom stereocenters. The van der Waals surface area contributed by atoms with Gasteiger partial charge in [0.1, 0.15) is 0 Å². The Balaban J connectivity index is 2.65. The first kappa shape index (κ1) is 17.0. The second-order valence-electron chi connectivity index (χ2n) is 6.70. The lowest BCUT2D eigenvalue weighted by Gasteiger charge is -2.25. The largest absolute Gasteiger partial charge is 0.241 e. The Hall–Kier alpha value is -1.39. The lowest BCUT2D eigenvalue weighted by atomic mass is 9.96. The molecule has 0 unspecified atom stereocenters. The predicted octanol–water partition coefficient (Wildman–Crippen LogP) is 4.43. The highest BCUT2D eigenvalue weighted by Gasteiger charge is 2.26. The highest BCUT2D eigenvalue weighted by Crippen LogP contribution is 2.30. The normalized spacial score (nSPS) is 13.0. The van der Waals surface area contributed by atoms with Crippen LogP contribution in [0.5, 0.6) is 0 Å². The molecule has 120 valence electrons. The Morgan fingerprint density at radius 3 is 2.18 bits per heavy atom. The van der Waals surface area contributed by atoms with Crippen molar-refractivity contribution in [3.05, 3.63) is 42.0 Å². The molecule has 4 heteroatoms. The molecule has 0 saturated carbocycles. The van der Waals surface area contributed by atoms with Gasteiger partial charge in [0, 0.05) is 10.9 Å². The van der Waals surface area contributed by atoms with Crippen LogP contribution in [-0.4, -0.2) is 14.0 Å². The van der Waals surface area contributed by atoms with Gasteiger partial charge in [-0.15, -0.1) is 0 Å². The van der Waals surface area contributed by atoms with Crippen molar-refractivity contribution < 1.29 is 8.42 Å². The van der Waals surface area contributed by atoms with E-state index in [0.717, 1.165) is 17.2 Å². The van der Waals surface area contributed by atoms with Crippen LogP contribution in [0.15, 0.2) is 41.3 Å². The summed E-state index contributed by atoms with van der Waals surface area (Å²) in [6.45, 7) is 10.0. The van der Waals surface area contributed by atoms with Crippen LogP contribution in [0, 0.1) is 0 Å². The molecule has 1 N–H and O–H groups in total. The van der Waals surface area contributed by atoms with Crippen LogP contribution >= 0.6 is 0 Å². The molecule has 0 aliphatic heterocycles. The van der Waals surface area contributed by atoms with Gasteiger partial charge in [0.15, 0.2) is 0 Å². The average Bonchev–Trinajstić information content (AvgIpc) is 2.44. The molecule has 0 spiro atoms. The molecular formula is C18H25NO2S. The van der Waals surface area contributed by atoms with E-state index < -0.39 is 15.6 Å². The van der Waals surface area contributed by atoms with Crippen LogP contribution in [0.4, 0.5) is 0 Å². The molecule has 0 heterocycles. The van der Waals surface area contributed by atoms with Crippen molar-refractivity contribution in [2.24, 2.45) is 0 Å². The van der Waals surface area contributed by atoms with Gasteiger partial charge in [-0.3, -0.25) is 0 Å². The number of rotatable bonds is 5. The second kappa shape index (κ2) is 6.01. The molecule has 22 heavy (non-hydrogen) atoms. The van der Waals surface area contributed by atoms with E-state index in [2.05, 4.69) is 18.6 Å². The average molecular weight is 319 g/mol. The van der Waals surface area contributed by atoms with E-state index >= 15 is 0 Å². The molecular weight excluding hydrogens is 294 g/mol. The van der Waals surface area contributed by atoms with Crippen molar-refractivity contribution in [1.29, 1.82) is 0 Å². The third-order valence-electron chi connectivity index (χ3n) is 4.12. The minimum Gasteiger partial charge on any atom is -0.207 e. The maximum absolute atomic E-state index is 12.8. The van der Waals surface area contributed by atoms with Gasteiger partial charge in [0.2, 0.25) is 10.0 Å². The first-order valence-corrected chi connectivity index (χ1v) is 9.22. The molecule has 0 aromatic heterocycles. The van der Waals surface area contributed by atoms with Crippen LogP contribution in [0.25, 0.3) is 10.8 Å². The quantitative estimate of drug-likeness (QED) is 0.886. The number of benzene rings is 2. The number of fused-ring (bicyclic) bond motifs is 1. The number of nitrogens with one attached hydrogen (secondary N) is 1. The highest BCUT2D eigenvalue weighted by molar-refractivity contribution is 7.89. The SMILES string of the molecule is CCC(C)(C)NS(=O)(=O)c1ccc(C(C)C)c2ccccc12. The Kier molecular flexibility index (Phi) is 4.64. The Morgan fingerprint density at radius 1 is 1.05 bits per heavy atom. The molecule has 0 aliphatic rings. The summed E-state index contributed by atoms with van der Waals surface area (Å²) in [6, 6.07) is 11.4. The fourth-order valence-corrected chi connectivity index (χ4v) is 4.22. The zero-order valence-electron chi connectivity index (χ0n) is 14.0. The third-order valence-corrected chi connectivity index (χ3v) is 5.88. The number of hydrogen-bond donors (Lipinski definition) is 1. The molecule has 0 amide bonds. The molecule has 2 aromatic carbocycles. The van der Waals surface area contributed by atoms with Crippen LogP contribution < -0.4 is 4.72 Å². The van der Waals surface area contributed by atoms with E-state index in [1.165, 1.54) is 5.56 Å². The molecule has 3 nitrogen and oxygen atoms in total. The Bertz CT molecular complexity index is 777. The highest BCUT2D eigenvalue weighted by atomic mass is 32.2. The summed E-state index contributed by atoms with van der Waals surface area (Å²) in [7, 11) is -3.55. The van der Waals surface area contributed by atoms with Gasteiger partial charge in [-0.2, -0.15) is 0 Å². The van der Waals surface area contributed by atoms with Gasteiger partial charge in [-0.25, -0.2) is 13.1 Å². The molecule has 2 aromatic rings. The smallest absolute Gasteiger partial charge is 0.207 e. The van der Waals surface area contributed by atoms with Crippen LogP contribution in [0.2, 0.25) is 0 Å². The summed E-state index contributed by atoms with van der Waals surface area (Å²) < 4.78 is 28.4. The summed E-state index contributed by atoms with van der Waals surface area (Å²) in [5, 5.41) is 1.79. The van der Waals surface area contributed by atoms with Crippen molar-refractivity contribution >= 4 is 20.8 Å². The van der Waals surface area contributed by atoms with Gasteiger partial charge in [0.05, 0.1) is 4.90 Å². The van der Waals surface area contributed by atoms with E-state index in [1.54, 1.807) is 6.07 Å². The number of hydrogen-bond acceptors (Lipinski definition) is 2. The molecule has 2 rings (SSSR count). The van der Waals surface area contributed by atoms with E-state index in [1.807, 2.05) is 51.1 Å². The Labute approximate surface area is 133 Å². The maximum atomic E-state index is 12.8. The van der Waals surface area contributed by atoms with Crippen molar-refractivity contribution in [3.63, 3.8) is 0 Å². The second-order valence-corrected chi connectivity index (χ2v) is 8.35. The van der Waals surface area contributed by atoms with Crippen molar-refractivity contribution in [1.82, 2.24) is 4.72 Å². The molecule has 0 radical (unpaired) electrons. The number of sulfonamides is 1. The van der Waals surface area contributed by atoms with E-state index in [4.69, 9.17) is 0 Å². The van der Waals surface area contributed by atoms with Crippen LogP contribution in [-0.2, 0) is 10.0 Å². The molecule has 0 bridgehead atoms.